The molecular weight excluding hydrogens is 214 g/mol. The average Bonchev–Trinajstić information content (AvgIpc) is 2.34. The van der Waals surface area contributed by atoms with Crippen LogP contribution < -0.4 is 5.32 Å². The predicted octanol–water partition coefficient (Wildman–Crippen LogP) is 1.91. The lowest BCUT2D eigenvalue weighted by atomic mass is 10.1. The van der Waals surface area contributed by atoms with E-state index in [1.807, 2.05) is 19.0 Å². The summed E-state index contributed by atoms with van der Waals surface area (Å²) < 4.78 is 0. The van der Waals surface area contributed by atoms with Gasteiger partial charge in [-0.2, -0.15) is 0 Å². The molecule has 17 heavy (non-hydrogen) atoms. The van der Waals surface area contributed by atoms with Crippen LogP contribution in [0.1, 0.15) is 39.0 Å². The fourth-order valence-corrected chi connectivity index (χ4v) is 2.24. The second-order valence-electron chi connectivity index (χ2n) is 5.10. The van der Waals surface area contributed by atoms with Gasteiger partial charge in [0.05, 0.1) is 0 Å². The molecule has 0 aromatic rings. The highest BCUT2D eigenvalue weighted by atomic mass is 16.2. The van der Waals surface area contributed by atoms with Gasteiger partial charge in [0.15, 0.2) is 0 Å². The van der Waals surface area contributed by atoms with E-state index >= 15 is 0 Å². The molecule has 1 heterocycles. The molecule has 4 nitrogen and oxygen atoms in total. The van der Waals surface area contributed by atoms with Crippen LogP contribution in [0.3, 0.4) is 0 Å². The fourth-order valence-electron chi connectivity index (χ4n) is 2.24. The average molecular weight is 241 g/mol. The molecule has 1 rings (SSSR count). The van der Waals surface area contributed by atoms with Gasteiger partial charge in [-0.3, -0.25) is 0 Å². The number of likely N-dealkylation sites (tertiary alicyclic amines) is 1. The molecule has 0 aliphatic carbocycles. The summed E-state index contributed by atoms with van der Waals surface area (Å²) in [7, 11) is 3.63. The van der Waals surface area contributed by atoms with E-state index in [9.17, 15) is 4.79 Å². The van der Waals surface area contributed by atoms with Crippen LogP contribution in [0.15, 0.2) is 0 Å². The maximum atomic E-state index is 11.7. The summed E-state index contributed by atoms with van der Waals surface area (Å²) in [5.74, 6) is 0. The normalized spacial score (nSPS) is 17.2. The first-order chi connectivity index (χ1) is 8.15. The first-order valence-electron chi connectivity index (χ1n) is 6.84. The Hall–Kier alpha value is -0.770. The molecule has 2 amide bonds. The molecule has 1 fully saturated rings. The zero-order chi connectivity index (χ0) is 12.7. The molecule has 0 radical (unpaired) electrons. The van der Waals surface area contributed by atoms with Crippen molar-refractivity contribution in [1.82, 2.24) is 15.1 Å². The quantitative estimate of drug-likeness (QED) is 0.746. The van der Waals surface area contributed by atoms with E-state index in [1.54, 1.807) is 4.90 Å². The topological polar surface area (TPSA) is 35.6 Å². The van der Waals surface area contributed by atoms with E-state index in [4.69, 9.17) is 0 Å². The Morgan fingerprint density at radius 2 is 1.94 bits per heavy atom. The number of piperidine rings is 1. The smallest absolute Gasteiger partial charge is 0.319 e. The van der Waals surface area contributed by atoms with E-state index in [0.717, 1.165) is 32.5 Å². The summed E-state index contributed by atoms with van der Waals surface area (Å²) in [4.78, 5) is 15.3. The number of amides is 2. The van der Waals surface area contributed by atoms with Gasteiger partial charge in [0.25, 0.3) is 0 Å². The molecule has 1 aliphatic rings. The number of carbonyl (C=O) groups is 1. The van der Waals surface area contributed by atoms with Crippen molar-refractivity contribution in [1.29, 1.82) is 0 Å². The molecule has 0 unspecified atom stereocenters. The van der Waals surface area contributed by atoms with Gasteiger partial charge < -0.3 is 15.1 Å². The zero-order valence-corrected chi connectivity index (χ0v) is 11.5. The van der Waals surface area contributed by atoms with Gasteiger partial charge in [0, 0.05) is 33.2 Å². The van der Waals surface area contributed by atoms with Gasteiger partial charge in [-0.1, -0.05) is 19.8 Å². The maximum Gasteiger partial charge on any atom is 0.319 e. The molecule has 0 bridgehead atoms. The van der Waals surface area contributed by atoms with E-state index in [-0.39, 0.29) is 6.03 Å². The van der Waals surface area contributed by atoms with Crippen molar-refractivity contribution < 1.29 is 4.79 Å². The van der Waals surface area contributed by atoms with Crippen LogP contribution >= 0.6 is 0 Å². The number of unbranched alkanes of at least 4 members (excludes halogenated alkanes) is 2. The van der Waals surface area contributed by atoms with Crippen molar-refractivity contribution in [2.24, 2.45) is 0 Å². The van der Waals surface area contributed by atoms with Crippen LogP contribution in [0.25, 0.3) is 0 Å². The summed E-state index contributed by atoms with van der Waals surface area (Å²) >= 11 is 0. The lowest BCUT2D eigenvalue weighted by Gasteiger charge is -2.34. The van der Waals surface area contributed by atoms with Crippen molar-refractivity contribution in [3.8, 4) is 0 Å². The molecule has 1 aliphatic heterocycles. The van der Waals surface area contributed by atoms with Crippen molar-refractivity contribution in [2.45, 2.75) is 45.1 Å². The molecule has 0 atom stereocenters. The third kappa shape index (κ3) is 4.94. The van der Waals surface area contributed by atoms with Crippen molar-refractivity contribution in [2.75, 3.05) is 33.7 Å². The largest absolute Gasteiger partial charge is 0.331 e. The molecule has 0 saturated carbocycles. The minimum absolute atomic E-state index is 0.148. The third-order valence-electron chi connectivity index (χ3n) is 3.36. The molecule has 1 saturated heterocycles. The molecule has 4 heteroatoms. The molecule has 100 valence electrons. The second-order valence-corrected chi connectivity index (χ2v) is 5.10. The minimum Gasteiger partial charge on any atom is -0.331 e. The summed E-state index contributed by atoms with van der Waals surface area (Å²) in [6, 6.07) is 0.757. The highest BCUT2D eigenvalue weighted by molar-refractivity contribution is 5.73. The number of urea groups is 1. The van der Waals surface area contributed by atoms with E-state index in [1.165, 1.54) is 19.3 Å². The Labute approximate surface area is 105 Å². The zero-order valence-electron chi connectivity index (χ0n) is 11.5. The van der Waals surface area contributed by atoms with E-state index < -0.39 is 0 Å². The van der Waals surface area contributed by atoms with Crippen LogP contribution in [0.2, 0.25) is 0 Å². The number of nitrogens with zero attached hydrogens (tertiary/aromatic N) is 2. The predicted molar refractivity (Wildman–Crippen MR) is 71.2 cm³/mol. The first-order valence-corrected chi connectivity index (χ1v) is 6.84. The van der Waals surface area contributed by atoms with Gasteiger partial charge in [-0.25, -0.2) is 4.79 Å². The summed E-state index contributed by atoms with van der Waals surface area (Å²) in [6.07, 6.45) is 6.03. The maximum absolute atomic E-state index is 11.7. The second kappa shape index (κ2) is 7.54. The Morgan fingerprint density at radius 3 is 2.47 bits per heavy atom. The fraction of sp³-hybridized carbons (Fsp3) is 0.923. The third-order valence-corrected chi connectivity index (χ3v) is 3.36. The van der Waals surface area contributed by atoms with Crippen LogP contribution in [0.4, 0.5) is 4.79 Å². The minimum atomic E-state index is 0.148. The Balaban J connectivity index is 2.15. The number of nitrogens with one attached hydrogen (secondary N) is 1. The van der Waals surface area contributed by atoms with Gasteiger partial charge in [0.1, 0.15) is 0 Å². The van der Waals surface area contributed by atoms with Gasteiger partial charge >= 0.3 is 6.03 Å². The van der Waals surface area contributed by atoms with Gasteiger partial charge in [0.2, 0.25) is 0 Å². The van der Waals surface area contributed by atoms with Gasteiger partial charge in [-0.15, -0.1) is 0 Å². The number of carbonyl (C=O) groups excluding carboxylic acids is 1. The Bertz CT molecular complexity index is 223. The number of hydrogen-bond acceptors (Lipinski definition) is 2. The molecule has 0 aromatic heterocycles. The standard InChI is InChI=1S/C13H27N3O/c1-4-5-6-9-14-12-7-10-16(11-8-12)13(17)15(2)3/h12,14H,4-11H2,1-3H3. The molecule has 0 aromatic carbocycles. The first kappa shape index (κ1) is 14.3. The van der Waals surface area contributed by atoms with Crippen LogP contribution in [0, 0.1) is 0 Å². The highest BCUT2D eigenvalue weighted by Crippen LogP contribution is 2.11. The SMILES string of the molecule is CCCCCNC1CCN(C(=O)N(C)C)CC1. The molecular formula is C13H27N3O. The summed E-state index contributed by atoms with van der Waals surface area (Å²) in [5, 5.41) is 3.59. The summed E-state index contributed by atoms with van der Waals surface area (Å²) in [6.45, 7) is 5.14. The van der Waals surface area contributed by atoms with E-state index in [2.05, 4.69) is 12.2 Å². The van der Waals surface area contributed by atoms with Gasteiger partial charge in [-0.05, 0) is 25.8 Å². The van der Waals surface area contributed by atoms with Crippen LogP contribution in [-0.2, 0) is 0 Å². The van der Waals surface area contributed by atoms with Crippen LogP contribution in [-0.4, -0.2) is 55.6 Å². The summed E-state index contributed by atoms with van der Waals surface area (Å²) in [5.41, 5.74) is 0. The Kier molecular flexibility index (Phi) is 6.34. The monoisotopic (exact) mass is 241 g/mol. The lowest BCUT2D eigenvalue weighted by molar-refractivity contribution is 0.152. The Morgan fingerprint density at radius 1 is 1.29 bits per heavy atom. The van der Waals surface area contributed by atoms with Crippen molar-refractivity contribution in [3.05, 3.63) is 0 Å². The number of hydrogen-bond donors (Lipinski definition) is 1. The van der Waals surface area contributed by atoms with E-state index in [0.29, 0.717) is 6.04 Å². The van der Waals surface area contributed by atoms with Crippen molar-refractivity contribution in [3.63, 3.8) is 0 Å². The number of rotatable bonds is 5. The lowest BCUT2D eigenvalue weighted by Crippen LogP contribution is -2.48. The molecule has 0 spiro atoms. The van der Waals surface area contributed by atoms with Crippen molar-refractivity contribution >= 4 is 6.03 Å². The van der Waals surface area contributed by atoms with Crippen LogP contribution in [0.5, 0.6) is 0 Å². The highest BCUT2D eigenvalue weighted by Gasteiger charge is 2.22. The molecule has 1 N–H and O–H groups in total.